The fraction of sp³-hybridized carbons (Fsp3) is 0.571. The normalized spacial score (nSPS) is 16.7. The van der Waals surface area contributed by atoms with E-state index in [2.05, 4.69) is 31.1 Å². The minimum Gasteiger partial charge on any atom is -0.335 e. The zero-order valence-electron chi connectivity index (χ0n) is 11.4. The van der Waals surface area contributed by atoms with E-state index in [1.165, 1.54) is 0 Å². The van der Waals surface area contributed by atoms with Gasteiger partial charge in [0, 0.05) is 32.4 Å². The zero-order chi connectivity index (χ0) is 13.2. The minimum absolute atomic E-state index is 0.0431. The third-order valence-corrected chi connectivity index (χ3v) is 3.25. The van der Waals surface area contributed by atoms with E-state index in [0.29, 0.717) is 5.69 Å². The maximum atomic E-state index is 12.3. The van der Waals surface area contributed by atoms with E-state index >= 15 is 0 Å². The van der Waals surface area contributed by atoms with Crippen molar-refractivity contribution in [1.29, 1.82) is 0 Å². The molecule has 0 aliphatic carbocycles. The van der Waals surface area contributed by atoms with E-state index in [1.54, 1.807) is 6.20 Å². The second-order valence-electron chi connectivity index (χ2n) is 5.72. The smallest absolute Gasteiger partial charge is 0.272 e. The number of carbonyl (C=O) groups is 1. The highest BCUT2D eigenvalue weighted by atomic mass is 16.2. The largest absolute Gasteiger partial charge is 0.335 e. The second-order valence-corrected chi connectivity index (χ2v) is 5.72. The van der Waals surface area contributed by atoms with E-state index in [0.717, 1.165) is 31.7 Å². The Labute approximate surface area is 108 Å². The number of carbonyl (C=O) groups excluding carboxylic acids is 1. The van der Waals surface area contributed by atoms with Crippen molar-refractivity contribution in [1.82, 2.24) is 15.2 Å². The van der Waals surface area contributed by atoms with Gasteiger partial charge in [-0.2, -0.15) is 0 Å². The summed E-state index contributed by atoms with van der Waals surface area (Å²) in [6.07, 6.45) is 1.73. The molecule has 0 bridgehead atoms. The van der Waals surface area contributed by atoms with Crippen LogP contribution in [0.3, 0.4) is 0 Å². The molecule has 0 aromatic carbocycles. The van der Waals surface area contributed by atoms with Crippen LogP contribution in [0, 0.1) is 0 Å². The molecule has 0 spiro atoms. The van der Waals surface area contributed by atoms with Crippen molar-refractivity contribution in [2.24, 2.45) is 0 Å². The van der Waals surface area contributed by atoms with Crippen LogP contribution in [0.4, 0.5) is 0 Å². The first-order chi connectivity index (χ1) is 8.48. The molecule has 1 aromatic rings. The third kappa shape index (κ3) is 2.88. The van der Waals surface area contributed by atoms with E-state index in [-0.39, 0.29) is 11.3 Å². The summed E-state index contributed by atoms with van der Waals surface area (Å²) in [4.78, 5) is 18.4. The van der Waals surface area contributed by atoms with Crippen molar-refractivity contribution in [2.45, 2.75) is 26.2 Å². The molecule has 1 aliphatic rings. The van der Waals surface area contributed by atoms with Gasteiger partial charge in [0.2, 0.25) is 0 Å². The molecular formula is C14H21N3O. The Morgan fingerprint density at radius 2 is 2.00 bits per heavy atom. The summed E-state index contributed by atoms with van der Waals surface area (Å²) in [7, 11) is 0. The van der Waals surface area contributed by atoms with E-state index < -0.39 is 0 Å². The molecule has 4 nitrogen and oxygen atoms in total. The van der Waals surface area contributed by atoms with Gasteiger partial charge >= 0.3 is 0 Å². The summed E-state index contributed by atoms with van der Waals surface area (Å²) in [6, 6.07) is 3.90. The number of nitrogens with one attached hydrogen (secondary N) is 1. The fourth-order valence-electron chi connectivity index (χ4n) is 2.04. The van der Waals surface area contributed by atoms with Gasteiger partial charge in [0.25, 0.3) is 5.91 Å². The van der Waals surface area contributed by atoms with Gasteiger partial charge in [-0.15, -0.1) is 0 Å². The van der Waals surface area contributed by atoms with Crippen LogP contribution in [0.15, 0.2) is 18.3 Å². The summed E-state index contributed by atoms with van der Waals surface area (Å²) in [5.74, 6) is 0.0441. The van der Waals surface area contributed by atoms with Gasteiger partial charge in [0.05, 0.1) is 0 Å². The average Bonchev–Trinajstić information content (AvgIpc) is 2.38. The van der Waals surface area contributed by atoms with Crippen molar-refractivity contribution < 1.29 is 4.79 Å². The third-order valence-electron chi connectivity index (χ3n) is 3.25. The van der Waals surface area contributed by atoms with Gasteiger partial charge in [-0.1, -0.05) is 20.8 Å². The Morgan fingerprint density at radius 3 is 2.61 bits per heavy atom. The van der Waals surface area contributed by atoms with Gasteiger partial charge in [-0.25, -0.2) is 0 Å². The number of hydrogen-bond acceptors (Lipinski definition) is 3. The molecule has 0 saturated carbocycles. The first-order valence-corrected chi connectivity index (χ1v) is 6.45. The summed E-state index contributed by atoms with van der Waals surface area (Å²) in [6.45, 7) is 9.68. The molecule has 4 heteroatoms. The van der Waals surface area contributed by atoms with Crippen molar-refractivity contribution in [3.63, 3.8) is 0 Å². The molecular weight excluding hydrogens is 226 g/mol. The van der Waals surface area contributed by atoms with Crippen molar-refractivity contribution in [2.75, 3.05) is 26.2 Å². The van der Waals surface area contributed by atoms with E-state index in [4.69, 9.17) is 0 Å². The number of amides is 1. The molecule has 1 fully saturated rings. The van der Waals surface area contributed by atoms with Gasteiger partial charge in [0.1, 0.15) is 5.69 Å². The van der Waals surface area contributed by atoms with Crippen molar-refractivity contribution >= 4 is 5.91 Å². The van der Waals surface area contributed by atoms with Crippen LogP contribution in [0.2, 0.25) is 0 Å². The van der Waals surface area contributed by atoms with Gasteiger partial charge in [0.15, 0.2) is 0 Å². The monoisotopic (exact) mass is 247 g/mol. The van der Waals surface area contributed by atoms with Crippen LogP contribution in [0.25, 0.3) is 0 Å². The SMILES string of the molecule is CC(C)(C)c1ccnc(C(=O)N2CCNCC2)c1. The highest BCUT2D eigenvalue weighted by Crippen LogP contribution is 2.22. The number of hydrogen-bond donors (Lipinski definition) is 1. The standard InChI is InChI=1S/C14H21N3O/c1-14(2,3)11-4-5-16-12(10-11)13(18)17-8-6-15-7-9-17/h4-5,10,15H,6-9H2,1-3H3. The van der Waals surface area contributed by atoms with Gasteiger partial charge < -0.3 is 10.2 Å². The minimum atomic E-state index is 0.0431. The summed E-state index contributed by atoms with van der Waals surface area (Å²) in [5, 5.41) is 3.24. The Hall–Kier alpha value is -1.42. The van der Waals surface area contributed by atoms with Gasteiger partial charge in [-0.3, -0.25) is 9.78 Å². The van der Waals surface area contributed by atoms with Crippen LogP contribution in [0.5, 0.6) is 0 Å². The molecule has 2 heterocycles. The lowest BCUT2D eigenvalue weighted by Crippen LogP contribution is -2.46. The van der Waals surface area contributed by atoms with E-state index in [9.17, 15) is 4.79 Å². The average molecular weight is 247 g/mol. The Balaban J connectivity index is 2.20. The summed E-state index contributed by atoms with van der Waals surface area (Å²) >= 11 is 0. The van der Waals surface area contributed by atoms with E-state index in [1.807, 2.05) is 17.0 Å². The molecule has 1 amide bonds. The molecule has 0 radical (unpaired) electrons. The summed E-state index contributed by atoms with van der Waals surface area (Å²) < 4.78 is 0. The van der Waals surface area contributed by atoms with Crippen LogP contribution in [-0.2, 0) is 5.41 Å². The molecule has 0 atom stereocenters. The molecule has 0 unspecified atom stereocenters. The molecule has 1 aliphatic heterocycles. The highest BCUT2D eigenvalue weighted by Gasteiger charge is 2.21. The Morgan fingerprint density at radius 1 is 1.33 bits per heavy atom. The molecule has 18 heavy (non-hydrogen) atoms. The maximum absolute atomic E-state index is 12.3. The summed E-state index contributed by atoms with van der Waals surface area (Å²) in [5.41, 5.74) is 1.75. The lowest BCUT2D eigenvalue weighted by Gasteiger charge is -2.27. The molecule has 2 rings (SSSR count). The first-order valence-electron chi connectivity index (χ1n) is 6.45. The number of pyridine rings is 1. The second kappa shape index (κ2) is 5.06. The lowest BCUT2D eigenvalue weighted by molar-refractivity contribution is 0.0729. The Bertz CT molecular complexity index is 431. The van der Waals surface area contributed by atoms with Crippen LogP contribution in [0.1, 0.15) is 36.8 Å². The lowest BCUT2D eigenvalue weighted by atomic mass is 9.87. The van der Waals surface area contributed by atoms with Crippen LogP contribution >= 0.6 is 0 Å². The van der Waals surface area contributed by atoms with Crippen molar-refractivity contribution in [3.05, 3.63) is 29.6 Å². The molecule has 1 aromatic heterocycles. The first kappa shape index (κ1) is 13.0. The maximum Gasteiger partial charge on any atom is 0.272 e. The predicted octanol–water partition coefficient (Wildman–Crippen LogP) is 1.42. The molecule has 1 saturated heterocycles. The van der Waals surface area contributed by atoms with Crippen LogP contribution < -0.4 is 5.32 Å². The van der Waals surface area contributed by atoms with Crippen molar-refractivity contribution in [3.8, 4) is 0 Å². The number of nitrogens with zero attached hydrogens (tertiary/aromatic N) is 2. The number of piperazine rings is 1. The molecule has 98 valence electrons. The Kier molecular flexibility index (Phi) is 3.66. The number of aromatic nitrogens is 1. The topological polar surface area (TPSA) is 45.2 Å². The quantitative estimate of drug-likeness (QED) is 0.816. The zero-order valence-corrected chi connectivity index (χ0v) is 11.4. The van der Waals surface area contributed by atoms with Crippen LogP contribution in [-0.4, -0.2) is 42.0 Å². The number of rotatable bonds is 1. The molecule has 1 N–H and O–H groups in total. The fourth-order valence-corrected chi connectivity index (χ4v) is 2.04. The highest BCUT2D eigenvalue weighted by molar-refractivity contribution is 5.92. The van der Waals surface area contributed by atoms with Gasteiger partial charge in [-0.05, 0) is 23.1 Å². The predicted molar refractivity (Wildman–Crippen MR) is 71.7 cm³/mol.